The van der Waals surface area contributed by atoms with E-state index in [1.54, 1.807) is 0 Å². The Morgan fingerprint density at radius 2 is 2.07 bits per heavy atom. The lowest BCUT2D eigenvalue weighted by molar-refractivity contribution is 1.43. The number of nitrogens with one attached hydrogen (secondary N) is 1. The van der Waals surface area contributed by atoms with E-state index in [1.165, 1.54) is 0 Å². The highest BCUT2D eigenvalue weighted by Gasteiger charge is 2.06. The van der Waals surface area contributed by atoms with Crippen LogP contribution in [0.3, 0.4) is 0 Å². The summed E-state index contributed by atoms with van der Waals surface area (Å²) in [5.41, 5.74) is 7.82. The number of hydrogen-bond donors (Lipinski definition) is 2. The average Bonchev–Trinajstić information content (AvgIpc) is 2.66. The number of pyridine rings is 1. The molecule has 0 spiro atoms. The molecule has 0 amide bonds. The van der Waals surface area contributed by atoms with Crippen LogP contribution in [0, 0.1) is 0 Å². The predicted molar refractivity (Wildman–Crippen MR) is 65.7 cm³/mol. The number of aromatic nitrogens is 2. The van der Waals surface area contributed by atoms with Crippen LogP contribution in [0.4, 0.5) is 5.82 Å². The van der Waals surface area contributed by atoms with Crippen molar-refractivity contribution in [2.24, 2.45) is 0 Å². The van der Waals surface area contributed by atoms with Gasteiger partial charge in [0.25, 0.3) is 0 Å². The molecular weight excluding hydrogens is 254 g/mol. The highest BCUT2D eigenvalue weighted by atomic mass is 79.9. The highest BCUT2D eigenvalue weighted by molar-refractivity contribution is 9.10. The molecule has 0 radical (unpaired) electrons. The van der Waals surface area contributed by atoms with Crippen LogP contribution in [0.25, 0.3) is 21.8 Å². The summed E-state index contributed by atoms with van der Waals surface area (Å²) in [6.07, 6.45) is 1.88. The van der Waals surface area contributed by atoms with E-state index < -0.39 is 0 Å². The third-order valence-electron chi connectivity index (χ3n) is 2.49. The van der Waals surface area contributed by atoms with Gasteiger partial charge in [0.1, 0.15) is 5.82 Å². The Bertz CT molecular complexity index is 657. The lowest BCUT2D eigenvalue weighted by atomic mass is 10.1. The number of benzene rings is 1. The Morgan fingerprint density at radius 3 is 2.93 bits per heavy atom. The molecule has 0 fully saturated rings. The molecule has 2 heterocycles. The van der Waals surface area contributed by atoms with Crippen LogP contribution >= 0.6 is 15.9 Å². The van der Waals surface area contributed by atoms with E-state index in [0.29, 0.717) is 5.82 Å². The van der Waals surface area contributed by atoms with Gasteiger partial charge in [-0.05, 0) is 24.3 Å². The highest BCUT2D eigenvalue weighted by Crippen LogP contribution is 2.28. The molecular formula is C11H8BrN3. The van der Waals surface area contributed by atoms with Crippen molar-refractivity contribution < 1.29 is 0 Å². The molecule has 0 saturated heterocycles. The molecule has 4 heteroatoms. The van der Waals surface area contributed by atoms with E-state index in [9.17, 15) is 0 Å². The van der Waals surface area contributed by atoms with Crippen LogP contribution in [0.15, 0.2) is 34.9 Å². The number of nitrogens with two attached hydrogens (primary N) is 1. The minimum absolute atomic E-state index is 0.567. The van der Waals surface area contributed by atoms with Crippen LogP contribution in [0.1, 0.15) is 0 Å². The molecule has 3 nitrogen and oxygen atoms in total. The molecule has 0 bridgehead atoms. The van der Waals surface area contributed by atoms with Gasteiger partial charge in [-0.3, -0.25) is 0 Å². The van der Waals surface area contributed by atoms with Crippen molar-refractivity contribution in [3.8, 4) is 0 Å². The summed E-state index contributed by atoms with van der Waals surface area (Å²) in [7, 11) is 0. The Kier molecular flexibility index (Phi) is 1.73. The van der Waals surface area contributed by atoms with Crippen LogP contribution in [0.2, 0.25) is 0 Å². The van der Waals surface area contributed by atoms with Crippen molar-refractivity contribution >= 4 is 43.6 Å². The molecule has 0 aliphatic heterocycles. The Labute approximate surface area is 94.4 Å². The van der Waals surface area contributed by atoms with Crippen molar-refractivity contribution in [2.75, 3.05) is 5.73 Å². The zero-order valence-corrected chi connectivity index (χ0v) is 9.38. The number of anilines is 1. The van der Waals surface area contributed by atoms with Gasteiger partial charge in [0.05, 0.1) is 11.0 Å². The zero-order valence-electron chi connectivity index (χ0n) is 7.79. The molecule has 3 rings (SSSR count). The number of rotatable bonds is 0. The van der Waals surface area contributed by atoms with Gasteiger partial charge in [-0.1, -0.05) is 15.9 Å². The van der Waals surface area contributed by atoms with Crippen molar-refractivity contribution in [3.63, 3.8) is 0 Å². The van der Waals surface area contributed by atoms with Gasteiger partial charge in [0, 0.05) is 21.4 Å². The summed E-state index contributed by atoms with van der Waals surface area (Å²) in [5.74, 6) is 0.567. The minimum atomic E-state index is 0.567. The van der Waals surface area contributed by atoms with Gasteiger partial charge < -0.3 is 10.7 Å². The summed E-state index contributed by atoms with van der Waals surface area (Å²) >= 11 is 3.42. The summed E-state index contributed by atoms with van der Waals surface area (Å²) in [6.45, 7) is 0. The van der Waals surface area contributed by atoms with Gasteiger partial charge in [-0.15, -0.1) is 0 Å². The molecule has 0 unspecified atom stereocenters. The van der Waals surface area contributed by atoms with Crippen LogP contribution in [0.5, 0.6) is 0 Å². The SMILES string of the molecule is Nc1nc2cc(Br)ccc2c2[nH]ccc12. The second kappa shape index (κ2) is 2.97. The van der Waals surface area contributed by atoms with E-state index in [-0.39, 0.29) is 0 Å². The summed E-state index contributed by atoms with van der Waals surface area (Å²) in [5, 5.41) is 2.07. The summed E-state index contributed by atoms with van der Waals surface area (Å²) in [4.78, 5) is 7.55. The number of hydrogen-bond acceptors (Lipinski definition) is 2. The maximum atomic E-state index is 5.87. The number of fused-ring (bicyclic) bond motifs is 3. The smallest absolute Gasteiger partial charge is 0.133 e. The fourth-order valence-electron chi connectivity index (χ4n) is 1.80. The molecule has 2 aromatic heterocycles. The van der Waals surface area contributed by atoms with Crippen LogP contribution < -0.4 is 5.73 Å². The fourth-order valence-corrected chi connectivity index (χ4v) is 2.15. The second-order valence-corrected chi connectivity index (χ2v) is 4.34. The number of aromatic amines is 1. The molecule has 3 N–H and O–H groups in total. The molecule has 3 aromatic rings. The first-order valence-corrected chi connectivity index (χ1v) is 5.37. The first-order chi connectivity index (χ1) is 7.25. The number of nitrogen functional groups attached to an aromatic ring is 1. The zero-order chi connectivity index (χ0) is 10.4. The molecule has 1 aromatic carbocycles. The molecule has 0 saturated carbocycles. The quantitative estimate of drug-likeness (QED) is 0.654. The van der Waals surface area contributed by atoms with E-state index >= 15 is 0 Å². The van der Waals surface area contributed by atoms with E-state index in [4.69, 9.17) is 5.73 Å². The minimum Gasteiger partial charge on any atom is -0.383 e. The van der Waals surface area contributed by atoms with E-state index in [0.717, 1.165) is 26.3 Å². The third-order valence-corrected chi connectivity index (χ3v) is 2.99. The Hall–Kier alpha value is -1.55. The van der Waals surface area contributed by atoms with E-state index in [2.05, 4.69) is 25.9 Å². The molecule has 74 valence electrons. The maximum absolute atomic E-state index is 5.87. The van der Waals surface area contributed by atoms with Crippen molar-refractivity contribution in [1.82, 2.24) is 9.97 Å². The number of H-pyrrole nitrogens is 1. The predicted octanol–water partition coefficient (Wildman–Crippen LogP) is 3.06. The van der Waals surface area contributed by atoms with Gasteiger partial charge >= 0.3 is 0 Å². The van der Waals surface area contributed by atoms with Crippen molar-refractivity contribution in [2.45, 2.75) is 0 Å². The Morgan fingerprint density at radius 1 is 1.20 bits per heavy atom. The monoisotopic (exact) mass is 261 g/mol. The summed E-state index contributed by atoms with van der Waals surface area (Å²) < 4.78 is 1.01. The van der Waals surface area contributed by atoms with Crippen molar-refractivity contribution in [1.29, 1.82) is 0 Å². The van der Waals surface area contributed by atoms with Crippen LogP contribution in [-0.4, -0.2) is 9.97 Å². The van der Waals surface area contributed by atoms with E-state index in [1.807, 2.05) is 30.5 Å². The maximum Gasteiger partial charge on any atom is 0.133 e. The third kappa shape index (κ3) is 1.22. The van der Waals surface area contributed by atoms with Gasteiger partial charge in [0.2, 0.25) is 0 Å². The molecule has 0 atom stereocenters. The van der Waals surface area contributed by atoms with Crippen LogP contribution in [-0.2, 0) is 0 Å². The lowest BCUT2D eigenvalue weighted by Gasteiger charge is -2.02. The van der Waals surface area contributed by atoms with Crippen molar-refractivity contribution in [3.05, 3.63) is 34.9 Å². The number of nitrogens with zero attached hydrogens (tertiary/aromatic N) is 1. The molecule has 0 aliphatic carbocycles. The first-order valence-electron chi connectivity index (χ1n) is 4.57. The number of halogens is 1. The summed E-state index contributed by atoms with van der Waals surface area (Å²) in [6, 6.07) is 7.94. The van der Waals surface area contributed by atoms with Gasteiger partial charge in [0.15, 0.2) is 0 Å². The fraction of sp³-hybridized carbons (Fsp3) is 0. The van der Waals surface area contributed by atoms with Gasteiger partial charge in [-0.25, -0.2) is 4.98 Å². The largest absolute Gasteiger partial charge is 0.383 e. The molecule has 15 heavy (non-hydrogen) atoms. The average molecular weight is 262 g/mol. The molecule has 0 aliphatic rings. The second-order valence-electron chi connectivity index (χ2n) is 3.42. The standard InChI is InChI=1S/C11H8BrN3/c12-6-1-2-7-9(5-6)15-11(13)8-3-4-14-10(7)8/h1-5,14H,(H2,13,15). The Balaban J connectivity index is 2.60. The normalized spacial score (nSPS) is 11.3. The lowest BCUT2D eigenvalue weighted by Crippen LogP contribution is -1.91. The topological polar surface area (TPSA) is 54.7 Å². The van der Waals surface area contributed by atoms with Gasteiger partial charge in [-0.2, -0.15) is 0 Å². The first kappa shape index (κ1) is 8.73.